The highest BCUT2D eigenvalue weighted by atomic mass is 19.1. The van der Waals surface area contributed by atoms with Gasteiger partial charge in [-0.3, -0.25) is 4.79 Å². The summed E-state index contributed by atoms with van der Waals surface area (Å²) in [6.07, 6.45) is 3.23. The molecule has 1 saturated heterocycles. The summed E-state index contributed by atoms with van der Waals surface area (Å²) >= 11 is 0. The van der Waals surface area contributed by atoms with Crippen LogP contribution in [0.3, 0.4) is 0 Å². The molecule has 3 rings (SSSR count). The molecule has 4 N–H and O–H groups in total. The second kappa shape index (κ2) is 19.6. The van der Waals surface area contributed by atoms with Crippen molar-refractivity contribution >= 4 is 17.8 Å². The monoisotopic (exact) mass is 635 g/mol. The first kappa shape index (κ1) is 37.5. The lowest BCUT2D eigenvalue weighted by atomic mass is 9.89. The molecule has 45 heavy (non-hydrogen) atoms. The van der Waals surface area contributed by atoms with Gasteiger partial charge in [-0.2, -0.15) is 0 Å². The minimum absolute atomic E-state index is 0.0321. The highest BCUT2D eigenvalue weighted by Crippen LogP contribution is 2.25. The van der Waals surface area contributed by atoms with Crippen molar-refractivity contribution in [2.24, 2.45) is 11.8 Å². The molecule has 1 fully saturated rings. The average Bonchev–Trinajstić information content (AvgIpc) is 3.43. The number of rotatable bonds is 16. The molecule has 1 aromatic heterocycles. The van der Waals surface area contributed by atoms with Crippen molar-refractivity contribution < 1.29 is 43.6 Å². The number of piperidine rings is 1. The maximum absolute atomic E-state index is 14.7. The molecule has 3 atom stereocenters. The molecule has 0 aliphatic carbocycles. The second-order valence-corrected chi connectivity index (χ2v) is 11.1. The van der Waals surface area contributed by atoms with Gasteiger partial charge in [-0.15, -0.1) is 5.10 Å². The number of carboxylic acids is 2. The molecule has 2 aromatic rings. The molecule has 0 saturated carbocycles. The highest BCUT2D eigenvalue weighted by Gasteiger charge is 2.35. The van der Waals surface area contributed by atoms with Crippen LogP contribution in [-0.4, -0.2) is 112 Å². The van der Waals surface area contributed by atoms with E-state index in [-0.39, 0.29) is 41.8 Å². The Morgan fingerprint density at radius 3 is 2.44 bits per heavy atom. The van der Waals surface area contributed by atoms with E-state index in [0.29, 0.717) is 63.5 Å². The van der Waals surface area contributed by atoms with Crippen molar-refractivity contribution in [1.29, 1.82) is 0 Å². The Labute approximate surface area is 263 Å². The van der Waals surface area contributed by atoms with Crippen LogP contribution in [0.15, 0.2) is 36.4 Å². The van der Waals surface area contributed by atoms with Crippen LogP contribution in [0.1, 0.15) is 56.2 Å². The number of benzene rings is 1. The van der Waals surface area contributed by atoms with Crippen molar-refractivity contribution in [1.82, 2.24) is 25.2 Å². The summed E-state index contributed by atoms with van der Waals surface area (Å²) in [7, 11) is 1.65. The number of ether oxygens (including phenoxy) is 2. The number of para-hydroxylation sites is 1. The Hall–Kier alpha value is -3.72. The van der Waals surface area contributed by atoms with Gasteiger partial charge in [-0.25, -0.2) is 18.7 Å². The number of carbonyl (C=O) groups excluding carboxylic acids is 1. The molecule has 1 amide bonds. The smallest absolute Gasteiger partial charge is 0.328 e. The molecule has 0 bridgehead atoms. The van der Waals surface area contributed by atoms with Gasteiger partial charge in [0.15, 0.2) is 5.69 Å². The van der Waals surface area contributed by atoms with Crippen LogP contribution in [-0.2, 0) is 25.5 Å². The molecule has 13 nitrogen and oxygen atoms in total. The quantitative estimate of drug-likeness (QED) is 0.158. The number of aliphatic carboxylic acids is 2. The van der Waals surface area contributed by atoms with Crippen LogP contribution in [0.25, 0.3) is 5.69 Å². The van der Waals surface area contributed by atoms with Crippen molar-refractivity contribution in [3.8, 4) is 5.69 Å². The van der Waals surface area contributed by atoms with Gasteiger partial charge in [0.2, 0.25) is 0 Å². The van der Waals surface area contributed by atoms with Crippen LogP contribution in [0, 0.1) is 17.7 Å². The predicted octanol–water partition coefficient (Wildman–Crippen LogP) is 2.56. The molecule has 2 heterocycles. The van der Waals surface area contributed by atoms with E-state index in [4.69, 9.17) is 19.7 Å². The summed E-state index contributed by atoms with van der Waals surface area (Å²) in [6, 6.07) is 6.25. The third-order valence-corrected chi connectivity index (χ3v) is 7.09. The molecule has 0 radical (unpaired) electrons. The van der Waals surface area contributed by atoms with E-state index in [1.165, 1.54) is 10.7 Å². The van der Waals surface area contributed by atoms with Gasteiger partial charge >= 0.3 is 11.9 Å². The number of amides is 1. The molecule has 250 valence electrons. The Bertz CT molecular complexity index is 1240. The largest absolute Gasteiger partial charge is 0.478 e. The molecular formula is C31H46FN5O8. The van der Waals surface area contributed by atoms with Gasteiger partial charge in [0.1, 0.15) is 11.5 Å². The normalized spacial score (nSPS) is 17.1. The maximum atomic E-state index is 14.7. The van der Waals surface area contributed by atoms with E-state index < -0.39 is 23.9 Å². The maximum Gasteiger partial charge on any atom is 0.328 e. The summed E-state index contributed by atoms with van der Waals surface area (Å²) in [4.78, 5) is 35.0. The number of halogens is 1. The molecule has 1 aliphatic heterocycles. The van der Waals surface area contributed by atoms with Crippen LogP contribution < -0.4 is 5.32 Å². The number of aliphatic hydroxyl groups excluding tert-OH is 1. The van der Waals surface area contributed by atoms with Gasteiger partial charge in [-0.1, -0.05) is 31.2 Å². The minimum atomic E-state index is -1.26. The number of nitrogens with zero attached hydrogens (tertiary/aromatic N) is 4. The summed E-state index contributed by atoms with van der Waals surface area (Å²) in [5.74, 6) is -2.96. The fourth-order valence-electron chi connectivity index (χ4n) is 4.97. The topological polar surface area (TPSA) is 176 Å². The van der Waals surface area contributed by atoms with E-state index in [1.807, 2.05) is 11.8 Å². The first-order valence-corrected chi connectivity index (χ1v) is 15.1. The van der Waals surface area contributed by atoms with Gasteiger partial charge < -0.3 is 35.0 Å². The fourth-order valence-corrected chi connectivity index (χ4v) is 4.97. The van der Waals surface area contributed by atoms with Crippen LogP contribution >= 0.6 is 0 Å². The van der Waals surface area contributed by atoms with Crippen molar-refractivity contribution in [3.63, 3.8) is 0 Å². The number of carbonyl (C=O) groups is 3. The van der Waals surface area contributed by atoms with Crippen LogP contribution in [0.2, 0.25) is 0 Å². The number of aliphatic hydroxyl groups is 1. The van der Waals surface area contributed by atoms with Gasteiger partial charge in [-0.05, 0) is 50.7 Å². The molecule has 1 aromatic carbocycles. The number of methoxy groups -OCH3 is 1. The van der Waals surface area contributed by atoms with Gasteiger partial charge in [0.25, 0.3) is 5.91 Å². The Morgan fingerprint density at radius 1 is 1.16 bits per heavy atom. The third-order valence-electron chi connectivity index (χ3n) is 7.09. The van der Waals surface area contributed by atoms with Crippen molar-refractivity contribution in [2.75, 3.05) is 46.6 Å². The molecule has 0 spiro atoms. The molecule has 14 heteroatoms. The van der Waals surface area contributed by atoms with E-state index in [2.05, 4.69) is 29.5 Å². The van der Waals surface area contributed by atoms with E-state index >= 15 is 0 Å². The van der Waals surface area contributed by atoms with Gasteiger partial charge in [0, 0.05) is 64.1 Å². The van der Waals surface area contributed by atoms with E-state index in [1.54, 1.807) is 25.3 Å². The van der Waals surface area contributed by atoms with Crippen LogP contribution in [0.5, 0.6) is 0 Å². The lowest BCUT2D eigenvalue weighted by Crippen LogP contribution is -2.54. The summed E-state index contributed by atoms with van der Waals surface area (Å²) in [6.45, 7) is 9.29. The van der Waals surface area contributed by atoms with E-state index in [0.717, 1.165) is 12.8 Å². The zero-order valence-electron chi connectivity index (χ0n) is 26.4. The second-order valence-electron chi connectivity index (χ2n) is 11.1. The first-order chi connectivity index (χ1) is 21.5. The number of hydrogen-bond donors (Lipinski definition) is 4. The number of carboxylic acid groups (broad SMARTS) is 2. The zero-order chi connectivity index (χ0) is 33.4. The number of hydrogen-bond acceptors (Lipinski definition) is 9. The zero-order valence-corrected chi connectivity index (χ0v) is 26.4. The van der Waals surface area contributed by atoms with Crippen molar-refractivity contribution in [3.05, 3.63) is 53.6 Å². The van der Waals surface area contributed by atoms with Crippen molar-refractivity contribution in [2.45, 2.75) is 58.6 Å². The predicted molar refractivity (Wildman–Crippen MR) is 164 cm³/mol. The number of unbranched alkanes of at least 4 members (excludes halogenated alkanes) is 1. The number of aromatic nitrogens is 3. The summed E-state index contributed by atoms with van der Waals surface area (Å²) < 4.78 is 26.8. The Kier molecular flexibility index (Phi) is 16.3. The lowest BCUT2D eigenvalue weighted by Gasteiger charge is -2.40. The standard InChI is InChI=1S/C27H42FN5O4.C4H4O4/c1-5-37-18-25(34)20-14-21(16-29-15-20)32(17-19(2)3)27(35)26-24(12-8-9-13-36-4)33(31-30-26)23-11-7-6-10-22(23)28;5-3(6)1-2-4(7)8/h6-7,10-11,19-21,25,29,34H,5,8-9,12-18H2,1-4H3;1-2H,(H,5,6)(H,7,8)/t20-,21+,25?;/m1./s1. The van der Waals surface area contributed by atoms with E-state index in [9.17, 15) is 23.9 Å². The number of nitrogens with one attached hydrogen (secondary N) is 1. The molecule has 1 aliphatic rings. The first-order valence-electron chi connectivity index (χ1n) is 15.1. The molecule has 1 unspecified atom stereocenters. The highest BCUT2D eigenvalue weighted by molar-refractivity contribution is 5.93. The fraction of sp³-hybridized carbons (Fsp3) is 0.581. The summed E-state index contributed by atoms with van der Waals surface area (Å²) in [5.41, 5.74) is 1.11. The van der Waals surface area contributed by atoms with Gasteiger partial charge in [0.05, 0.1) is 18.4 Å². The van der Waals surface area contributed by atoms with Crippen LogP contribution in [0.4, 0.5) is 4.39 Å². The SMILES string of the molecule is CCOCC(O)[C@H]1CNC[C@@H](N(CC(C)C)C(=O)c2nnn(-c3ccccc3F)c2CCCCOC)C1.O=C(O)C=CC(=O)O. The minimum Gasteiger partial charge on any atom is -0.478 e. The lowest BCUT2D eigenvalue weighted by molar-refractivity contribution is -0.134. The third kappa shape index (κ3) is 12.3. The summed E-state index contributed by atoms with van der Waals surface area (Å²) in [5, 5.41) is 38.2. The Balaban J connectivity index is 0.000000777. The Morgan fingerprint density at radius 2 is 1.84 bits per heavy atom. The molecular weight excluding hydrogens is 589 g/mol. The average molecular weight is 636 g/mol.